The number of nitrogens with zero attached hydrogens (tertiary/aromatic N) is 1. The highest BCUT2D eigenvalue weighted by molar-refractivity contribution is 14.1. The molecule has 0 radical (unpaired) electrons. The zero-order valence-electron chi connectivity index (χ0n) is 17.2. The smallest absolute Gasteiger partial charge is 0.293 e. The van der Waals surface area contributed by atoms with Crippen LogP contribution in [0.25, 0.3) is 6.08 Å². The van der Waals surface area contributed by atoms with Crippen molar-refractivity contribution in [3.05, 3.63) is 101 Å². The molecule has 0 N–H and O–H groups in total. The molecule has 0 aromatic heterocycles. The first kappa shape index (κ1) is 23.3. The number of carbonyl (C=O) groups excluding carboxylic acids is 2. The van der Waals surface area contributed by atoms with E-state index in [1.165, 1.54) is 4.90 Å². The van der Waals surface area contributed by atoms with Crippen molar-refractivity contribution in [3.8, 4) is 5.75 Å². The maximum Gasteiger partial charge on any atom is 0.293 e. The molecule has 3 aromatic carbocycles. The van der Waals surface area contributed by atoms with Gasteiger partial charge in [-0.15, -0.1) is 0 Å². The molecule has 3 aromatic rings. The Bertz CT molecular complexity index is 1210. The number of thioether (sulfide) groups is 1. The summed E-state index contributed by atoms with van der Waals surface area (Å²) in [6, 6.07) is 21.7. The van der Waals surface area contributed by atoms with E-state index < -0.39 is 0 Å². The number of hydrogen-bond donors (Lipinski definition) is 0. The van der Waals surface area contributed by atoms with Gasteiger partial charge in [0, 0.05) is 9.13 Å². The molecular formula is C25H19I2NO3S. The number of amides is 2. The van der Waals surface area contributed by atoms with Gasteiger partial charge in [-0.1, -0.05) is 54.6 Å². The van der Waals surface area contributed by atoms with Gasteiger partial charge < -0.3 is 4.74 Å². The van der Waals surface area contributed by atoms with Crippen LogP contribution in [0.4, 0.5) is 4.79 Å². The number of benzene rings is 3. The average molecular weight is 667 g/mol. The van der Waals surface area contributed by atoms with Crippen LogP contribution in [0.2, 0.25) is 0 Å². The normalized spacial score (nSPS) is 15.0. The van der Waals surface area contributed by atoms with Crippen LogP contribution in [0.1, 0.15) is 22.3 Å². The number of rotatable bonds is 6. The fourth-order valence-corrected chi connectivity index (χ4v) is 6.18. The number of ether oxygens (including phenoxy) is 1. The lowest BCUT2D eigenvalue weighted by Crippen LogP contribution is -2.27. The molecule has 0 atom stereocenters. The molecule has 7 heteroatoms. The predicted molar refractivity (Wildman–Crippen MR) is 145 cm³/mol. The molecule has 1 heterocycles. The fourth-order valence-electron chi connectivity index (χ4n) is 3.30. The van der Waals surface area contributed by atoms with E-state index in [1.54, 1.807) is 6.08 Å². The third-order valence-corrected chi connectivity index (χ3v) is 7.34. The largest absolute Gasteiger partial charge is 0.487 e. The minimum absolute atomic E-state index is 0.253. The Kier molecular flexibility index (Phi) is 7.57. The van der Waals surface area contributed by atoms with Crippen molar-refractivity contribution >= 4 is 74.2 Å². The van der Waals surface area contributed by atoms with Gasteiger partial charge in [-0.3, -0.25) is 14.5 Å². The highest BCUT2D eigenvalue weighted by Crippen LogP contribution is 2.37. The van der Waals surface area contributed by atoms with E-state index >= 15 is 0 Å². The monoisotopic (exact) mass is 667 g/mol. The van der Waals surface area contributed by atoms with E-state index in [0.717, 1.165) is 41.2 Å². The lowest BCUT2D eigenvalue weighted by Gasteiger charge is -2.14. The van der Waals surface area contributed by atoms with E-state index in [0.29, 0.717) is 17.3 Å². The van der Waals surface area contributed by atoms with Crippen LogP contribution < -0.4 is 4.74 Å². The first-order chi connectivity index (χ1) is 15.4. The number of imide groups is 1. The first-order valence-corrected chi connectivity index (χ1v) is 12.9. The highest BCUT2D eigenvalue weighted by Gasteiger charge is 2.35. The summed E-state index contributed by atoms with van der Waals surface area (Å²) < 4.78 is 8.13. The van der Waals surface area contributed by atoms with Gasteiger partial charge in [0.25, 0.3) is 11.1 Å². The van der Waals surface area contributed by atoms with Crippen molar-refractivity contribution in [3.63, 3.8) is 0 Å². The van der Waals surface area contributed by atoms with Crippen LogP contribution >= 0.6 is 56.9 Å². The van der Waals surface area contributed by atoms with Gasteiger partial charge >= 0.3 is 0 Å². The van der Waals surface area contributed by atoms with Gasteiger partial charge in [0.05, 0.1) is 15.0 Å². The molecule has 0 bridgehead atoms. The molecule has 1 aliphatic heterocycles. The SMILES string of the molecule is Cc1ccccc1CN1C(=O)S/C(=C\c2cc(I)cc(I)c2OCc2ccccc2)C1=O. The van der Waals surface area contributed by atoms with Crippen molar-refractivity contribution < 1.29 is 14.3 Å². The van der Waals surface area contributed by atoms with E-state index in [9.17, 15) is 9.59 Å². The second kappa shape index (κ2) is 10.4. The second-order valence-electron chi connectivity index (χ2n) is 7.27. The van der Waals surface area contributed by atoms with Crippen LogP contribution in [-0.4, -0.2) is 16.0 Å². The minimum atomic E-state index is -0.272. The molecule has 32 heavy (non-hydrogen) atoms. The van der Waals surface area contributed by atoms with Crippen molar-refractivity contribution in [1.82, 2.24) is 4.90 Å². The van der Waals surface area contributed by atoms with Crippen molar-refractivity contribution in [2.24, 2.45) is 0 Å². The fraction of sp³-hybridized carbons (Fsp3) is 0.120. The summed E-state index contributed by atoms with van der Waals surface area (Å²) >= 11 is 5.47. The Morgan fingerprint density at radius 1 is 1.00 bits per heavy atom. The quantitative estimate of drug-likeness (QED) is 0.210. The Morgan fingerprint density at radius 3 is 2.47 bits per heavy atom. The Hall–Kier alpha value is -1.85. The van der Waals surface area contributed by atoms with Crippen molar-refractivity contribution in [2.45, 2.75) is 20.1 Å². The molecule has 0 aliphatic carbocycles. The van der Waals surface area contributed by atoms with Gasteiger partial charge in [0.2, 0.25) is 0 Å². The average Bonchev–Trinajstić information content (AvgIpc) is 3.02. The predicted octanol–water partition coefficient (Wildman–Crippen LogP) is 7.02. The van der Waals surface area contributed by atoms with Gasteiger partial charge in [-0.25, -0.2) is 0 Å². The van der Waals surface area contributed by atoms with E-state index in [2.05, 4.69) is 45.2 Å². The van der Waals surface area contributed by atoms with Crippen LogP contribution in [0.5, 0.6) is 5.75 Å². The minimum Gasteiger partial charge on any atom is -0.487 e. The Morgan fingerprint density at radius 2 is 1.72 bits per heavy atom. The summed E-state index contributed by atoms with van der Waals surface area (Å²) in [5.41, 5.74) is 3.87. The summed E-state index contributed by atoms with van der Waals surface area (Å²) in [6.07, 6.45) is 1.77. The molecule has 4 nitrogen and oxygen atoms in total. The van der Waals surface area contributed by atoms with Crippen LogP contribution in [-0.2, 0) is 17.9 Å². The number of aryl methyl sites for hydroxylation is 1. The molecule has 0 spiro atoms. The maximum absolute atomic E-state index is 13.1. The summed E-state index contributed by atoms with van der Waals surface area (Å²) in [4.78, 5) is 27.4. The highest BCUT2D eigenvalue weighted by atomic mass is 127. The van der Waals surface area contributed by atoms with Crippen molar-refractivity contribution in [2.75, 3.05) is 0 Å². The summed E-state index contributed by atoms with van der Waals surface area (Å²) in [7, 11) is 0. The first-order valence-electron chi connectivity index (χ1n) is 9.88. The summed E-state index contributed by atoms with van der Waals surface area (Å²) in [5, 5.41) is -0.253. The third-order valence-electron chi connectivity index (χ3n) is 5.01. The molecule has 1 saturated heterocycles. The molecule has 4 rings (SSSR count). The van der Waals surface area contributed by atoms with E-state index in [4.69, 9.17) is 4.74 Å². The van der Waals surface area contributed by atoms with E-state index in [-0.39, 0.29) is 17.7 Å². The zero-order valence-corrected chi connectivity index (χ0v) is 22.3. The number of hydrogen-bond acceptors (Lipinski definition) is 4. The second-order valence-corrected chi connectivity index (χ2v) is 10.7. The lowest BCUT2D eigenvalue weighted by molar-refractivity contribution is -0.123. The zero-order chi connectivity index (χ0) is 22.7. The van der Waals surface area contributed by atoms with Crippen LogP contribution in [0, 0.1) is 14.1 Å². The van der Waals surface area contributed by atoms with Gasteiger partial charge in [-0.2, -0.15) is 0 Å². The Labute approximate surface area is 218 Å². The maximum atomic E-state index is 13.1. The topological polar surface area (TPSA) is 46.6 Å². The summed E-state index contributed by atoms with van der Waals surface area (Å²) in [6.45, 7) is 2.68. The number of carbonyl (C=O) groups is 2. The molecular weight excluding hydrogens is 648 g/mol. The van der Waals surface area contributed by atoms with Gasteiger partial charge in [0.15, 0.2) is 0 Å². The molecule has 0 unspecified atom stereocenters. The van der Waals surface area contributed by atoms with E-state index in [1.807, 2.05) is 73.7 Å². The molecule has 2 amide bonds. The molecule has 1 fully saturated rings. The lowest BCUT2D eigenvalue weighted by atomic mass is 10.1. The Balaban J connectivity index is 1.61. The van der Waals surface area contributed by atoms with Gasteiger partial charge in [-0.05, 0) is 98.8 Å². The van der Waals surface area contributed by atoms with Crippen molar-refractivity contribution in [1.29, 1.82) is 0 Å². The molecule has 1 aliphatic rings. The molecule has 162 valence electrons. The van der Waals surface area contributed by atoms with Crippen LogP contribution in [0.15, 0.2) is 71.6 Å². The summed E-state index contributed by atoms with van der Waals surface area (Å²) in [5.74, 6) is 0.437. The number of halogens is 2. The van der Waals surface area contributed by atoms with Gasteiger partial charge in [0.1, 0.15) is 12.4 Å². The standard InChI is InChI=1S/C25H19I2NO3S/c1-16-7-5-6-10-18(16)14-28-24(29)22(32-25(28)30)12-19-11-20(26)13-21(27)23(19)31-15-17-8-3-2-4-9-17/h2-13H,14-15H2,1H3/b22-12-. The van der Waals surface area contributed by atoms with Crippen LogP contribution in [0.3, 0.4) is 0 Å². The molecule has 0 saturated carbocycles. The third kappa shape index (κ3) is 5.37.